The first-order valence-electron chi connectivity index (χ1n) is 7.87. The van der Waals surface area contributed by atoms with E-state index in [4.69, 9.17) is 4.74 Å². The Bertz CT molecular complexity index is 590. The van der Waals surface area contributed by atoms with Crippen molar-refractivity contribution in [1.82, 2.24) is 9.78 Å². The first kappa shape index (κ1) is 15.6. The van der Waals surface area contributed by atoms with Gasteiger partial charge in [0.2, 0.25) is 0 Å². The minimum absolute atomic E-state index is 0.520. The minimum atomic E-state index is 0.520. The maximum absolute atomic E-state index is 5.52. The molecule has 5 heteroatoms. The van der Waals surface area contributed by atoms with E-state index in [1.165, 1.54) is 11.3 Å². The number of nitrogens with zero attached hydrogens (tertiary/aromatic N) is 3. The van der Waals surface area contributed by atoms with Gasteiger partial charge in [-0.3, -0.25) is 4.68 Å². The average molecular weight is 364 g/mol. The van der Waals surface area contributed by atoms with Crippen LogP contribution in [0.2, 0.25) is 0 Å². The first-order valence-corrected chi connectivity index (χ1v) is 8.67. The van der Waals surface area contributed by atoms with Crippen LogP contribution in [-0.4, -0.2) is 29.0 Å². The molecule has 1 aliphatic rings. The summed E-state index contributed by atoms with van der Waals surface area (Å²) in [6.07, 6.45) is 6.29. The Morgan fingerprint density at radius 3 is 2.64 bits per heavy atom. The van der Waals surface area contributed by atoms with Gasteiger partial charge in [-0.05, 0) is 37.5 Å². The van der Waals surface area contributed by atoms with E-state index in [0.29, 0.717) is 6.04 Å². The van der Waals surface area contributed by atoms with Gasteiger partial charge >= 0.3 is 0 Å². The average Bonchev–Trinajstić information content (AvgIpc) is 3.04. The van der Waals surface area contributed by atoms with Crippen molar-refractivity contribution in [3.63, 3.8) is 0 Å². The molecule has 1 fully saturated rings. The summed E-state index contributed by atoms with van der Waals surface area (Å²) in [7, 11) is 0. The molecule has 2 heterocycles. The Morgan fingerprint density at radius 2 is 2.00 bits per heavy atom. The number of aromatic nitrogens is 2. The predicted molar refractivity (Wildman–Crippen MR) is 92.1 cm³/mol. The second-order valence-electron chi connectivity index (χ2n) is 5.65. The Labute approximate surface area is 140 Å². The van der Waals surface area contributed by atoms with E-state index < -0.39 is 0 Å². The summed E-state index contributed by atoms with van der Waals surface area (Å²) in [6, 6.07) is 9.09. The fourth-order valence-corrected chi connectivity index (χ4v) is 3.15. The van der Waals surface area contributed by atoms with Crippen LogP contribution in [0.1, 0.15) is 25.3 Å². The van der Waals surface area contributed by atoms with Crippen molar-refractivity contribution in [3.8, 4) is 0 Å². The van der Waals surface area contributed by atoms with Gasteiger partial charge in [0.05, 0.1) is 11.9 Å². The quantitative estimate of drug-likeness (QED) is 0.807. The van der Waals surface area contributed by atoms with Crippen LogP contribution in [0.15, 0.2) is 41.1 Å². The number of halogens is 1. The molecule has 0 amide bonds. The third-order valence-corrected chi connectivity index (χ3v) is 4.70. The maximum Gasteiger partial charge on any atom is 0.0758 e. The monoisotopic (exact) mass is 363 g/mol. The van der Waals surface area contributed by atoms with Crippen LogP contribution in [0.3, 0.4) is 0 Å². The summed E-state index contributed by atoms with van der Waals surface area (Å²) in [5.41, 5.74) is 2.52. The summed E-state index contributed by atoms with van der Waals surface area (Å²) in [5.74, 6) is 0. The Balaban J connectivity index is 1.82. The van der Waals surface area contributed by atoms with Crippen LogP contribution >= 0.6 is 15.9 Å². The molecule has 1 saturated heterocycles. The predicted octanol–water partition coefficient (Wildman–Crippen LogP) is 3.85. The molecule has 4 nitrogen and oxygen atoms in total. The molecule has 2 aromatic rings. The third-order valence-electron chi connectivity index (χ3n) is 4.17. The number of rotatable bonds is 5. The van der Waals surface area contributed by atoms with Crippen molar-refractivity contribution in [2.24, 2.45) is 0 Å². The third kappa shape index (κ3) is 3.70. The highest BCUT2D eigenvalue weighted by atomic mass is 79.9. The van der Waals surface area contributed by atoms with Crippen LogP contribution in [-0.2, 0) is 17.8 Å². The molecule has 0 radical (unpaired) electrons. The minimum Gasteiger partial charge on any atom is -0.381 e. The summed E-state index contributed by atoms with van der Waals surface area (Å²) in [6.45, 7) is 5.63. The highest BCUT2D eigenvalue weighted by molar-refractivity contribution is 9.10. The smallest absolute Gasteiger partial charge is 0.0758 e. The lowest BCUT2D eigenvalue weighted by Crippen LogP contribution is -2.39. The normalized spacial score (nSPS) is 15.9. The number of anilines is 1. The summed E-state index contributed by atoms with van der Waals surface area (Å²) in [5, 5.41) is 4.44. The SMILES string of the molecule is CCn1cc(N(Cc2ccc(Br)cc2)C2CCOCC2)cn1. The van der Waals surface area contributed by atoms with E-state index in [1.54, 1.807) is 0 Å². The molecule has 0 aliphatic carbocycles. The fraction of sp³-hybridized carbons (Fsp3) is 0.471. The molecule has 0 N–H and O–H groups in total. The van der Waals surface area contributed by atoms with E-state index >= 15 is 0 Å². The van der Waals surface area contributed by atoms with Gasteiger partial charge in [-0.15, -0.1) is 0 Å². The number of hydrogen-bond donors (Lipinski definition) is 0. The van der Waals surface area contributed by atoms with Crippen molar-refractivity contribution >= 4 is 21.6 Å². The maximum atomic E-state index is 5.52. The fourth-order valence-electron chi connectivity index (χ4n) is 2.89. The van der Waals surface area contributed by atoms with Gasteiger partial charge in [0.1, 0.15) is 0 Å². The molecular weight excluding hydrogens is 342 g/mol. The van der Waals surface area contributed by atoms with Crippen molar-refractivity contribution in [1.29, 1.82) is 0 Å². The van der Waals surface area contributed by atoms with Gasteiger partial charge in [0, 0.05) is 43.0 Å². The lowest BCUT2D eigenvalue weighted by atomic mass is 10.1. The molecule has 0 atom stereocenters. The molecule has 3 rings (SSSR count). The summed E-state index contributed by atoms with van der Waals surface area (Å²) in [4.78, 5) is 2.48. The van der Waals surface area contributed by atoms with Crippen molar-refractivity contribution in [2.75, 3.05) is 18.1 Å². The molecule has 0 spiro atoms. The molecule has 1 aromatic heterocycles. The molecular formula is C17H22BrN3O. The molecule has 0 bridgehead atoms. The second-order valence-corrected chi connectivity index (χ2v) is 6.57. The highest BCUT2D eigenvalue weighted by Gasteiger charge is 2.23. The zero-order chi connectivity index (χ0) is 15.4. The van der Waals surface area contributed by atoms with Crippen molar-refractivity contribution in [3.05, 3.63) is 46.7 Å². The molecule has 22 heavy (non-hydrogen) atoms. The van der Waals surface area contributed by atoms with Gasteiger partial charge in [-0.25, -0.2) is 0 Å². The van der Waals surface area contributed by atoms with Crippen molar-refractivity contribution < 1.29 is 4.74 Å². The number of ether oxygens (including phenoxy) is 1. The Hall–Kier alpha value is -1.33. The van der Waals surface area contributed by atoms with E-state index in [-0.39, 0.29) is 0 Å². The van der Waals surface area contributed by atoms with Gasteiger partial charge < -0.3 is 9.64 Å². The van der Waals surface area contributed by atoms with Gasteiger partial charge in [0.15, 0.2) is 0 Å². The van der Waals surface area contributed by atoms with E-state index in [2.05, 4.69) is 63.3 Å². The number of aryl methyl sites for hydroxylation is 1. The Kier molecular flexibility index (Phi) is 5.16. The van der Waals surface area contributed by atoms with Gasteiger partial charge in [-0.2, -0.15) is 5.10 Å². The molecule has 1 aliphatic heterocycles. The topological polar surface area (TPSA) is 30.3 Å². The lowest BCUT2D eigenvalue weighted by molar-refractivity contribution is 0.0841. The van der Waals surface area contributed by atoms with Crippen LogP contribution < -0.4 is 4.90 Å². The zero-order valence-corrected chi connectivity index (χ0v) is 14.5. The van der Waals surface area contributed by atoms with E-state index in [9.17, 15) is 0 Å². The van der Waals surface area contributed by atoms with Gasteiger partial charge in [-0.1, -0.05) is 28.1 Å². The number of hydrogen-bond acceptors (Lipinski definition) is 3. The zero-order valence-electron chi connectivity index (χ0n) is 12.9. The molecule has 118 valence electrons. The van der Waals surface area contributed by atoms with Crippen LogP contribution in [0.25, 0.3) is 0 Å². The molecule has 0 saturated carbocycles. The van der Waals surface area contributed by atoms with E-state index in [0.717, 1.165) is 43.6 Å². The van der Waals surface area contributed by atoms with Crippen LogP contribution in [0.5, 0.6) is 0 Å². The highest BCUT2D eigenvalue weighted by Crippen LogP contribution is 2.25. The Morgan fingerprint density at radius 1 is 1.27 bits per heavy atom. The summed E-state index contributed by atoms with van der Waals surface area (Å²) < 4.78 is 8.63. The lowest BCUT2D eigenvalue weighted by Gasteiger charge is -2.35. The van der Waals surface area contributed by atoms with Crippen molar-refractivity contribution in [2.45, 2.75) is 38.9 Å². The second kappa shape index (κ2) is 7.29. The molecule has 0 unspecified atom stereocenters. The summed E-state index contributed by atoms with van der Waals surface area (Å²) >= 11 is 3.50. The van der Waals surface area contributed by atoms with Crippen LogP contribution in [0, 0.1) is 0 Å². The van der Waals surface area contributed by atoms with Crippen LogP contribution in [0.4, 0.5) is 5.69 Å². The van der Waals surface area contributed by atoms with Gasteiger partial charge in [0.25, 0.3) is 0 Å². The standard InChI is InChI=1S/C17H22BrN3O/c1-2-20-13-17(11-19-20)21(16-7-9-22-10-8-16)12-14-3-5-15(18)6-4-14/h3-6,11,13,16H,2,7-10,12H2,1H3. The first-order chi connectivity index (χ1) is 10.8. The van der Waals surface area contributed by atoms with E-state index in [1.807, 2.05) is 10.9 Å². The number of benzene rings is 1. The molecule has 1 aromatic carbocycles. The largest absolute Gasteiger partial charge is 0.381 e.